The monoisotopic (exact) mass is 238 g/mol. The van der Waals surface area contributed by atoms with Gasteiger partial charge >= 0.3 is 0 Å². The summed E-state index contributed by atoms with van der Waals surface area (Å²) in [5.41, 5.74) is 0. The van der Waals surface area contributed by atoms with E-state index in [1.165, 1.54) is 57.8 Å². The fourth-order valence-corrected chi connectivity index (χ4v) is 0. The maximum absolute atomic E-state index is 1.50. The van der Waals surface area contributed by atoms with E-state index in [2.05, 4.69) is 0 Å². The third kappa shape index (κ3) is 263. The Morgan fingerprint density at radius 1 is 0.188 bits per heavy atom. The van der Waals surface area contributed by atoms with E-state index in [1.807, 2.05) is 0 Å². The van der Waals surface area contributed by atoms with Gasteiger partial charge in [0.25, 0.3) is 0 Å². The molecule has 0 N–H and O–H groups in total. The molecule has 0 unspecified atom stereocenters. The van der Waals surface area contributed by atoms with Gasteiger partial charge in [-0.3, -0.25) is 0 Å². The van der Waals surface area contributed by atoms with E-state index in [-0.39, 0.29) is 52.0 Å². The highest BCUT2D eigenvalue weighted by molar-refractivity contribution is 4.51. The molecule has 0 nitrogen and oxygen atoms in total. The van der Waals surface area contributed by atoms with Gasteiger partial charge in [0.2, 0.25) is 0 Å². The average molecular weight is 239 g/mol. The van der Waals surface area contributed by atoms with Crippen molar-refractivity contribution in [2.24, 2.45) is 0 Å². The van der Waals surface area contributed by atoms with Crippen LogP contribution in [0.4, 0.5) is 0 Å². The van der Waals surface area contributed by atoms with Crippen molar-refractivity contribution in [3.05, 3.63) is 0 Å². The maximum Gasteiger partial charge on any atom is -0.0533 e. The summed E-state index contributed by atoms with van der Waals surface area (Å²) in [6.45, 7) is 0. The van der Waals surface area contributed by atoms with Gasteiger partial charge in [-0.15, -0.1) is 0 Å². The van der Waals surface area contributed by atoms with Crippen LogP contribution in [0.5, 0.6) is 0 Å². The smallest absolute Gasteiger partial charge is 0.0533 e. The highest BCUT2D eigenvalue weighted by Gasteiger charge is 1.95. The first-order valence-electron chi connectivity index (χ1n) is 4.50. The third-order valence-electron chi connectivity index (χ3n) is 1.06. The van der Waals surface area contributed by atoms with Crippen molar-refractivity contribution < 1.29 is 0 Å². The SMILES string of the molecule is C.C.C.C.C.C.C.C1CC1.C1CC1.C1CC1. The van der Waals surface area contributed by atoms with E-state index in [1.54, 1.807) is 0 Å². The van der Waals surface area contributed by atoms with Gasteiger partial charge < -0.3 is 0 Å². The highest BCUT2D eigenvalue weighted by Crippen LogP contribution is 2.15. The molecule has 0 heterocycles. The van der Waals surface area contributed by atoms with E-state index in [9.17, 15) is 0 Å². The average Bonchev–Trinajstić information content (AvgIpc) is 2.70. The predicted molar refractivity (Wildman–Crippen MR) is 88.7 cm³/mol. The van der Waals surface area contributed by atoms with Gasteiger partial charge in [0.1, 0.15) is 0 Å². The van der Waals surface area contributed by atoms with Gasteiger partial charge in [-0.25, -0.2) is 0 Å². The number of hydrogen-bond acceptors (Lipinski definition) is 0. The molecule has 3 saturated carbocycles. The summed E-state index contributed by atoms with van der Waals surface area (Å²) in [6, 6.07) is 0. The number of hydrogen-bond donors (Lipinski definition) is 0. The molecule has 0 bridgehead atoms. The lowest BCUT2D eigenvalue weighted by Gasteiger charge is -1.05. The van der Waals surface area contributed by atoms with Crippen LogP contribution in [0.2, 0.25) is 0 Å². The Morgan fingerprint density at radius 3 is 0.250 bits per heavy atom. The van der Waals surface area contributed by atoms with Crippen LogP contribution in [-0.4, -0.2) is 0 Å². The first kappa shape index (κ1) is 44.4. The first-order chi connectivity index (χ1) is 4.50. The molecular weight excluding hydrogens is 192 g/mol. The molecule has 0 aromatic heterocycles. The van der Waals surface area contributed by atoms with E-state index in [0.717, 1.165) is 0 Å². The zero-order valence-corrected chi connectivity index (χ0v) is 6.36. The van der Waals surface area contributed by atoms with Gasteiger partial charge in [-0.2, -0.15) is 0 Å². The quantitative estimate of drug-likeness (QED) is 0.401. The van der Waals surface area contributed by atoms with Crippen LogP contribution in [0, 0.1) is 0 Å². The van der Waals surface area contributed by atoms with E-state index in [0.29, 0.717) is 0 Å². The van der Waals surface area contributed by atoms with Crippen molar-refractivity contribution in [1.82, 2.24) is 0 Å². The first-order valence-corrected chi connectivity index (χ1v) is 4.50. The van der Waals surface area contributed by atoms with Crippen LogP contribution >= 0.6 is 0 Å². The Morgan fingerprint density at radius 2 is 0.250 bits per heavy atom. The van der Waals surface area contributed by atoms with Crippen LogP contribution < -0.4 is 0 Å². The van der Waals surface area contributed by atoms with Crippen molar-refractivity contribution in [3.8, 4) is 0 Å². The topological polar surface area (TPSA) is 0 Å². The van der Waals surface area contributed by atoms with Gasteiger partial charge in [0.15, 0.2) is 0 Å². The molecular formula is C16H46. The van der Waals surface area contributed by atoms with Crippen molar-refractivity contribution in [3.63, 3.8) is 0 Å². The molecule has 0 amide bonds. The maximum atomic E-state index is 1.50. The van der Waals surface area contributed by atoms with Crippen LogP contribution in [-0.2, 0) is 0 Å². The summed E-state index contributed by atoms with van der Waals surface area (Å²) in [5, 5.41) is 0. The molecule has 16 heavy (non-hydrogen) atoms. The normalized spacial score (nSPS) is 13.5. The van der Waals surface area contributed by atoms with Crippen LogP contribution in [0.15, 0.2) is 0 Å². The fraction of sp³-hybridized carbons (Fsp3) is 1.00. The van der Waals surface area contributed by atoms with E-state index >= 15 is 0 Å². The van der Waals surface area contributed by atoms with Crippen LogP contribution in [0.1, 0.15) is 110 Å². The summed E-state index contributed by atoms with van der Waals surface area (Å²) < 4.78 is 0. The van der Waals surface area contributed by atoms with E-state index in [4.69, 9.17) is 0 Å². The summed E-state index contributed by atoms with van der Waals surface area (Å²) in [5.74, 6) is 0. The molecule has 0 aliphatic heterocycles. The summed E-state index contributed by atoms with van der Waals surface area (Å²) >= 11 is 0. The summed E-state index contributed by atoms with van der Waals surface area (Å²) in [4.78, 5) is 0. The molecule has 0 atom stereocenters. The van der Waals surface area contributed by atoms with Crippen LogP contribution in [0.3, 0.4) is 0 Å². The lowest BCUT2D eigenvalue weighted by Crippen LogP contribution is -0.856. The van der Waals surface area contributed by atoms with Crippen LogP contribution in [0.25, 0.3) is 0 Å². The fourth-order valence-electron chi connectivity index (χ4n) is 0. The lowest BCUT2D eigenvalue weighted by molar-refractivity contribution is 1.50. The molecule has 110 valence electrons. The van der Waals surface area contributed by atoms with E-state index < -0.39 is 0 Å². The summed E-state index contributed by atoms with van der Waals surface area (Å²) in [6.07, 6.45) is 13.5. The third-order valence-corrected chi connectivity index (χ3v) is 1.06. The zero-order valence-electron chi connectivity index (χ0n) is 6.36. The second-order valence-corrected chi connectivity index (χ2v) is 3.18. The lowest BCUT2D eigenvalue weighted by atomic mass is 11.0. The molecule has 3 fully saturated rings. The Balaban J connectivity index is -0.0000000125. The Hall–Kier alpha value is 0. The van der Waals surface area contributed by atoms with Crippen molar-refractivity contribution in [1.29, 1.82) is 0 Å². The molecule has 0 heteroatoms. The minimum atomic E-state index is 0. The molecule has 3 rings (SSSR count). The van der Waals surface area contributed by atoms with Gasteiger partial charge in [0, 0.05) is 0 Å². The Kier molecular flexibility index (Phi) is 101. The Labute approximate surface area is 110 Å². The van der Waals surface area contributed by atoms with Crippen molar-refractivity contribution in [2.75, 3.05) is 0 Å². The molecule has 3 aliphatic rings. The Bertz CT molecular complexity index is 28.5. The molecule has 0 saturated heterocycles. The van der Waals surface area contributed by atoms with Crippen molar-refractivity contribution >= 4 is 0 Å². The molecule has 0 aromatic rings. The second-order valence-electron chi connectivity index (χ2n) is 3.18. The largest absolute Gasteiger partial charge is 0.0776 e. The number of rotatable bonds is 0. The minimum absolute atomic E-state index is 0. The molecule has 0 spiro atoms. The minimum Gasteiger partial charge on any atom is -0.0776 e. The molecule has 0 radical (unpaired) electrons. The molecule has 3 aliphatic carbocycles. The van der Waals surface area contributed by atoms with Gasteiger partial charge in [0.05, 0.1) is 0 Å². The van der Waals surface area contributed by atoms with Crippen molar-refractivity contribution in [2.45, 2.75) is 110 Å². The second kappa shape index (κ2) is 36.3. The highest BCUT2D eigenvalue weighted by atomic mass is 14.0. The van der Waals surface area contributed by atoms with Gasteiger partial charge in [-0.1, -0.05) is 110 Å². The predicted octanol–water partition coefficient (Wildman–Crippen LogP) is 7.96. The zero-order chi connectivity index (χ0) is 6.36. The molecule has 0 aromatic carbocycles. The standard InChI is InChI=1S/3C3H6.7CH4/c3*1-2-3-1;;;;;;;/h3*1-3H2;7*1H4. The van der Waals surface area contributed by atoms with Gasteiger partial charge in [-0.05, 0) is 0 Å². The summed E-state index contributed by atoms with van der Waals surface area (Å²) in [7, 11) is 0.